The number of halogens is 1. The highest BCUT2D eigenvalue weighted by atomic mass is 19.1. The van der Waals surface area contributed by atoms with E-state index in [1.165, 1.54) is 18.3 Å². The van der Waals surface area contributed by atoms with E-state index in [9.17, 15) is 9.18 Å². The fourth-order valence-electron chi connectivity index (χ4n) is 4.72. The van der Waals surface area contributed by atoms with E-state index in [2.05, 4.69) is 21.5 Å². The monoisotopic (exact) mass is 498 g/mol. The van der Waals surface area contributed by atoms with E-state index in [1.807, 2.05) is 49.5 Å². The van der Waals surface area contributed by atoms with E-state index in [0.717, 1.165) is 22.0 Å². The predicted molar refractivity (Wildman–Crippen MR) is 140 cm³/mol. The Bertz CT molecular complexity index is 1560. The summed E-state index contributed by atoms with van der Waals surface area (Å²) in [6.45, 7) is 2.12. The number of rotatable bonds is 8. The summed E-state index contributed by atoms with van der Waals surface area (Å²) in [5, 5.41) is 8.51. The standard InChI is InChI=1S/C29H27FN4O3/c1-18-23(17-33-34(18)20-13-11-19(30)12-14-20)29(35)32-16-25(22-8-6-10-27(36-2)28(22)37-3)24-15-31-26-9-5-4-7-21(24)26/h4-15,17,25,31H,16H2,1-3H3,(H,32,35). The number of benzene rings is 3. The third kappa shape index (κ3) is 4.53. The van der Waals surface area contributed by atoms with Gasteiger partial charge in [-0.05, 0) is 48.9 Å². The number of H-pyrrole nitrogens is 1. The van der Waals surface area contributed by atoms with Crippen LogP contribution in [0.25, 0.3) is 16.6 Å². The number of methoxy groups -OCH3 is 2. The maximum absolute atomic E-state index is 13.4. The van der Waals surface area contributed by atoms with Gasteiger partial charge in [0.2, 0.25) is 0 Å². The van der Waals surface area contributed by atoms with Gasteiger partial charge >= 0.3 is 0 Å². The van der Waals surface area contributed by atoms with Crippen LogP contribution in [0.4, 0.5) is 4.39 Å². The number of fused-ring (bicyclic) bond motifs is 1. The van der Waals surface area contributed by atoms with Gasteiger partial charge < -0.3 is 19.8 Å². The van der Waals surface area contributed by atoms with Crippen LogP contribution in [0, 0.1) is 12.7 Å². The largest absolute Gasteiger partial charge is 0.493 e. The molecule has 0 saturated heterocycles. The molecule has 5 rings (SSSR count). The van der Waals surface area contributed by atoms with Gasteiger partial charge in [-0.1, -0.05) is 30.3 Å². The molecule has 0 aliphatic heterocycles. The van der Waals surface area contributed by atoms with E-state index in [4.69, 9.17) is 9.47 Å². The summed E-state index contributed by atoms with van der Waals surface area (Å²) in [6.07, 6.45) is 3.50. The number of aromatic amines is 1. The molecule has 0 fully saturated rings. The second kappa shape index (κ2) is 10.2. The van der Waals surface area contributed by atoms with Crippen LogP contribution in [0.2, 0.25) is 0 Å². The highest BCUT2D eigenvalue weighted by molar-refractivity contribution is 5.95. The zero-order valence-corrected chi connectivity index (χ0v) is 20.8. The van der Waals surface area contributed by atoms with Gasteiger partial charge in [0.05, 0.1) is 37.4 Å². The molecule has 1 amide bonds. The lowest BCUT2D eigenvalue weighted by molar-refractivity contribution is 0.0951. The number of hydrogen-bond donors (Lipinski definition) is 2. The molecule has 1 unspecified atom stereocenters. The van der Waals surface area contributed by atoms with Crippen molar-refractivity contribution in [3.05, 3.63) is 107 Å². The second-order valence-corrected chi connectivity index (χ2v) is 8.67. The minimum absolute atomic E-state index is 0.224. The molecule has 0 saturated carbocycles. The van der Waals surface area contributed by atoms with E-state index in [0.29, 0.717) is 35.0 Å². The zero-order valence-electron chi connectivity index (χ0n) is 20.8. The zero-order chi connectivity index (χ0) is 25.9. The molecule has 5 aromatic rings. The maximum Gasteiger partial charge on any atom is 0.254 e. The molecule has 37 heavy (non-hydrogen) atoms. The molecule has 2 heterocycles. The average Bonchev–Trinajstić information content (AvgIpc) is 3.53. The van der Waals surface area contributed by atoms with Crippen molar-refractivity contribution in [2.45, 2.75) is 12.8 Å². The Hall–Kier alpha value is -4.59. The Balaban J connectivity index is 1.48. The topological polar surface area (TPSA) is 81.2 Å². The second-order valence-electron chi connectivity index (χ2n) is 8.67. The van der Waals surface area contributed by atoms with Crippen molar-refractivity contribution < 1.29 is 18.7 Å². The van der Waals surface area contributed by atoms with Crippen LogP contribution in [0.3, 0.4) is 0 Å². The Morgan fingerprint density at radius 3 is 2.57 bits per heavy atom. The van der Waals surface area contributed by atoms with Crippen molar-refractivity contribution >= 4 is 16.8 Å². The van der Waals surface area contributed by atoms with Crippen LogP contribution in [-0.4, -0.2) is 41.4 Å². The number of nitrogens with one attached hydrogen (secondary N) is 2. The van der Waals surface area contributed by atoms with E-state index < -0.39 is 0 Å². The molecule has 3 aromatic carbocycles. The van der Waals surface area contributed by atoms with Crippen molar-refractivity contribution in [2.75, 3.05) is 20.8 Å². The van der Waals surface area contributed by atoms with Crippen LogP contribution >= 0.6 is 0 Å². The predicted octanol–water partition coefficient (Wildman–Crippen LogP) is 5.38. The first-order chi connectivity index (χ1) is 18.0. The number of para-hydroxylation sites is 2. The van der Waals surface area contributed by atoms with Crippen molar-refractivity contribution in [2.24, 2.45) is 0 Å². The summed E-state index contributed by atoms with van der Waals surface area (Å²) in [5.41, 5.74) is 4.71. The summed E-state index contributed by atoms with van der Waals surface area (Å²) in [6, 6.07) is 19.8. The Kier molecular flexibility index (Phi) is 6.64. The number of amides is 1. The van der Waals surface area contributed by atoms with Gasteiger partial charge in [0, 0.05) is 35.1 Å². The molecule has 188 valence electrons. The summed E-state index contributed by atoms with van der Waals surface area (Å²) < 4.78 is 26.3. The molecule has 0 spiro atoms. The Morgan fingerprint density at radius 1 is 1.03 bits per heavy atom. The first-order valence-electron chi connectivity index (χ1n) is 11.9. The first kappa shape index (κ1) is 24.1. The molecule has 2 N–H and O–H groups in total. The Labute approximate surface area is 213 Å². The fourth-order valence-corrected chi connectivity index (χ4v) is 4.72. The quantitative estimate of drug-likeness (QED) is 0.301. The van der Waals surface area contributed by atoms with Crippen LogP contribution in [0.5, 0.6) is 11.5 Å². The number of hydrogen-bond acceptors (Lipinski definition) is 4. The number of nitrogens with zero attached hydrogens (tertiary/aromatic N) is 2. The van der Waals surface area contributed by atoms with E-state index in [1.54, 1.807) is 31.0 Å². The van der Waals surface area contributed by atoms with Gasteiger partial charge in [-0.3, -0.25) is 4.79 Å². The molecule has 0 bridgehead atoms. The van der Waals surface area contributed by atoms with Gasteiger partial charge in [0.15, 0.2) is 11.5 Å². The van der Waals surface area contributed by atoms with E-state index in [-0.39, 0.29) is 17.6 Å². The van der Waals surface area contributed by atoms with Crippen molar-refractivity contribution in [3.8, 4) is 17.2 Å². The van der Waals surface area contributed by atoms with Gasteiger partial charge in [-0.2, -0.15) is 5.10 Å². The highest BCUT2D eigenvalue weighted by Gasteiger charge is 2.25. The van der Waals surface area contributed by atoms with Gasteiger partial charge in [-0.25, -0.2) is 9.07 Å². The Morgan fingerprint density at radius 2 is 1.81 bits per heavy atom. The number of ether oxygens (including phenoxy) is 2. The number of aromatic nitrogens is 3. The SMILES string of the molecule is COc1cccc(C(CNC(=O)c2cnn(-c3ccc(F)cc3)c2C)c2c[nH]c3ccccc23)c1OC. The molecular formula is C29H27FN4O3. The number of carbonyl (C=O) groups is 1. The highest BCUT2D eigenvalue weighted by Crippen LogP contribution is 2.40. The summed E-state index contributed by atoms with van der Waals surface area (Å²) in [4.78, 5) is 16.7. The van der Waals surface area contributed by atoms with Crippen LogP contribution < -0.4 is 14.8 Å². The van der Waals surface area contributed by atoms with Crippen molar-refractivity contribution in [3.63, 3.8) is 0 Å². The third-order valence-corrected chi connectivity index (χ3v) is 6.60. The normalized spacial score (nSPS) is 11.9. The average molecular weight is 499 g/mol. The molecular weight excluding hydrogens is 471 g/mol. The lowest BCUT2D eigenvalue weighted by atomic mass is 9.89. The summed E-state index contributed by atoms with van der Waals surface area (Å²) in [5.74, 6) is 0.431. The molecule has 1 atom stereocenters. The molecule has 0 radical (unpaired) electrons. The third-order valence-electron chi connectivity index (χ3n) is 6.60. The minimum atomic E-state index is -0.331. The molecule has 0 aliphatic carbocycles. The molecule has 7 nitrogen and oxygen atoms in total. The minimum Gasteiger partial charge on any atom is -0.493 e. The molecule has 2 aromatic heterocycles. The van der Waals surface area contributed by atoms with Crippen LogP contribution in [0.1, 0.15) is 33.1 Å². The van der Waals surface area contributed by atoms with Gasteiger partial charge in [0.25, 0.3) is 5.91 Å². The first-order valence-corrected chi connectivity index (χ1v) is 11.9. The summed E-state index contributed by atoms with van der Waals surface area (Å²) >= 11 is 0. The maximum atomic E-state index is 13.4. The lowest BCUT2D eigenvalue weighted by Gasteiger charge is -2.22. The van der Waals surface area contributed by atoms with Crippen molar-refractivity contribution in [1.82, 2.24) is 20.1 Å². The molecule has 8 heteroatoms. The number of carbonyl (C=O) groups excluding carboxylic acids is 1. The van der Waals surface area contributed by atoms with Crippen LogP contribution in [0.15, 0.2) is 79.1 Å². The van der Waals surface area contributed by atoms with E-state index >= 15 is 0 Å². The smallest absolute Gasteiger partial charge is 0.254 e. The fraction of sp³-hybridized carbons (Fsp3) is 0.172. The van der Waals surface area contributed by atoms with Gasteiger partial charge in [-0.15, -0.1) is 0 Å². The van der Waals surface area contributed by atoms with Gasteiger partial charge in [0.1, 0.15) is 5.82 Å². The summed E-state index contributed by atoms with van der Waals surface area (Å²) in [7, 11) is 3.21. The lowest BCUT2D eigenvalue weighted by Crippen LogP contribution is -2.29. The van der Waals surface area contributed by atoms with Crippen LogP contribution in [-0.2, 0) is 0 Å². The molecule has 0 aliphatic rings. The van der Waals surface area contributed by atoms with Crippen molar-refractivity contribution in [1.29, 1.82) is 0 Å².